The van der Waals surface area contributed by atoms with E-state index < -0.39 is 4.92 Å². The van der Waals surface area contributed by atoms with Gasteiger partial charge in [0.2, 0.25) is 0 Å². The molecule has 0 unspecified atom stereocenters. The number of pyridine rings is 2. The van der Waals surface area contributed by atoms with Crippen molar-refractivity contribution in [3.05, 3.63) is 119 Å². The van der Waals surface area contributed by atoms with E-state index in [1.54, 1.807) is 18.6 Å². The second-order valence-corrected chi connectivity index (χ2v) is 5.69. The molecule has 0 bridgehead atoms. The Balaban J connectivity index is 0.000000460. The zero-order chi connectivity index (χ0) is 24.3. The summed E-state index contributed by atoms with van der Waals surface area (Å²) in [4.78, 5) is 23.6. The third kappa shape index (κ3) is 10.0. The van der Waals surface area contributed by atoms with Crippen LogP contribution in [-0.4, -0.2) is 19.1 Å². The Kier molecular flexibility index (Phi) is 14.1. The van der Waals surface area contributed by atoms with E-state index >= 15 is 0 Å². The Hall–Kier alpha value is -3.65. The molecule has 0 amide bonds. The summed E-state index contributed by atoms with van der Waals surface area (Å²) in [5.41, 5.74) is 6.39. The minimum Gasteiger partial charge on any atom is -0.265 e. The molecule has 33 heavy (non-hydrogen) atoms. The predicted octanol–water partition coefficient (Wildman–Crippen LogP) is 5.82. The Labute approximate surface area is 206 Å². The zero-order valence-electron chi connectivity index (χ0n) is 16.8. The molecule has 0 fully saturated rings. The maximum Gasteiger partial charge on any atom is 0.0267 e. The van der Waals surface area contributed by atoms with Gasteiger partial charge in [-0.2, -0.15) is 4.21 Å². The van der Waals surface area contributed by atoms with Crippen LogP contribution in [0.4, 0.5) is 14.6 Å². The molecule has 4 aromatic rings. The molecule has 0 aliphatic heterocycles. The van der Waals surface area contributed by atoms with Gasteiger partial charge in [0.1, 0.15) is 5.75 Å². The number of nitrogens with zero attached hydrogens (tertiary/aromatic N) is 4. The number of nitro benzene ring substituents is 1. The Morgan fingerprint density at radius 3 is 1.97 bits per heavy atom. The first kappa shape index (κ1) is 27.4. The van der Waals surface area contributed by atoms with Gasteiger partial charge in [-0.15, -0.1) is 5.69 Å². The van der Waals surface area contributed by atoms with Crippen molar-refractivity contribution in [1.82, 2.24) is 9.97 Å². The first-order valence-corrected chi connectivity index (χ1v) is 9.93. The molecule has 2 heterocycles. The monoisotopic (exact) mass is 558 g/mol. The van der Waals surface area contributed by atoms with E-state index in [0.29, 0.717) is 11.4 Å². The number of aromatic nitrogens is 2. The maximum absolute atomic E-state index is 10.6. The zero-order valence-corrected chi connectivity index (χ0v) is 19.2. The molecule has 0 aliphatic rings. The van der Waals surface area contributed by atoms with Gasteiger partial charge in [-0.25, -0.2) is 0 Å². The van der Waals surface area contributed by atoms with Crippen LogP contribution in [0.1, 0.15) is 0 Å². The minimum atomic E-state index is -0.461. The topological polar surface area (TPSA) is 109 Å². The summed E-state index contributed by atoms with van der Waals surface area (Å²) in [6.07, 6.45) is 5.21. The first-order chi connectivity index (χ1) is 16.2. The van der Waals surface area contributed by atoms with Gasteiger partial charge >= 0.3 is 22.9 Å². The summed E-state index contributed by atoms with van der Waals surface area (Å²) in [5.74, 6) is 0.423. The van der Waals surface area contributed by atoms with E-state index in [2.05, 4.69) is 28.0 Å². The molecular formula is C22H17FN4O4PdS. The van der Waals surface area contributed by atoms with E-state index in [-0.39, 0.29) is 5.69 Å². The van der Waals surface area contributed by atoms with Crippen molar-refractivity contribution in [3.8, 4) is 17.0 Å². The van der Waals surface area contributed by atoms with E-state index in [4.69, 9.17) is 9.05 Å². The largest absolute Gasteiger partial charge is 0.265 e. The van der Waals surface area contributed by atoms with E-state index in [1.807, 2.05) is 60.7 Å². The van der Waals surface area contributed by atoms with Gasteiger partial charge in [0.25, 0.3) is 5.69 Å². The van der Waals surface area contributed by atoms with Crippen LogP contribution in [0.5, 0.6) is 5.75 Å². The van der Waals surface area contributed by atoms with Gasteiger partial charge in [-0.3, -0.25) is 20.1 Å². The maximum atomic E-state index is 10.6. The van der Waals surface area contributed by atoms with Crippen molar-refractivity contribution < 1.29 is 36.9 Å². The summed E-state index contributed by atoms with van der Waals surface area (Å²) < 4.78 is 17.2. The minimum absolute atomic E-state index is 0.00577. The van der Waals surface area contributed by atoms with Crippen LogP contribution in [0.15, 0.2) is 104 Å². The average molecular weight is 559 g/mol. The van der Waals surface area contributed by atoms with Crippen LogP contribution in [-0.2, 0) is 32.2 Å². The number of hydrogen-bond donors (Lipinski definition) is 0. The molecule has 8 nitrogen and oxygen atoms in total. The van der Waals surface area contributed by atoms with E-state index in [0.717, 1.165) is 11.3 Å². The first-order valence-electron chi connectivity index (χ1n) is 9.00. The van der Waals surface area contributed by atoms with Crippen LogP contribution in [0.2, 0.25) is 0 Å². The molecule has 11 heteroatoms. The fourth-order valence-corrected chi connectivity index (χ4v) is 2.34. The number of non-ortho nitro benzene ring substituents is 1. The van der Waals surface area contributed by atoms with E-state index in [9.17, 15) is 13.3 Å². The quantitative estimate of drug-likeness (QED) is 0.172. The SMILES string of the molecule is O=S.O=[N+]([O-])c1ccc(O[N-]c2ccccc2-c2ccccn2)cc1.[F][Pd+].c1ccncc1. The molecule has 4 rings (SSSR count). The van der Waals surface area contributed by atoms with Crippen LogP contribution < -0.4 is 4.84 Å². The van der Waals surface area contributed by atoms with Gasteiger partial charge in [0, 0.05) is 30.7 Å². The van der Waals surface area contributed by atoms with Crippen molar-refractivity contribution in [3.63, 3.8) is 0 Å². The molecule has 2 aromatic carbocycles. The summed E-state index contributed by atoms with van der Waals surface area (Å²) in [6, 6.07) is 24.6. The van der Waals surface area contributed by atoms with Gasteiger partial charge in [0.15, 0.2) is 12.5 Å². The number of benzene rings is 2. The third-order valence-corrected chi connectivity index (χ3v) is 3.71. The Morgan fingerprint density at radius 1 is 0.848 bits per heavy atom. The fourth-order valence-electron chi connectivity index (χ4n) is 2.34. The summed E-state index contributed by atoms with van der Waals surface area (Å²) in [5, 5.41) is 10.6. The normalized spacial score (nSPS) is 8.82. The van der Waals surface area contributed by atoms with Crippen LogP contribution >= 0.6 is 0 Å². The molecule has 0 radical (unpaired) electrons. The number of hydrogen-bond acceptors (Lipinski definition) is 7. The molecule has 0 atom stereocenters. The van der Waals surface area contributed by atoms with E-state index in [1.165, 1.54) is 44.0 Å². The van der Waals surface area contributed by atoms with Gasteiger partial charge in [-0.1, -0.05) is 36.4 Å². The predicted molar refractivity (Wildman–Crippen MR) is 120 cm³/mol. The smallest absolute Gasteiger partial charge is 0.0267 e. The molecule has 0 saturated carbocycles. The van der Waals surface area contributed by atoms with Crippen molar-refractivity contribution in [2.75, 3.05) is 0 Å². The molecule has 2 aromatic heterocycles. The number of rotatable bonds is 5. The van der Waals surface area contributed by atoms with Gasteiger partial charge in [-0.05, 0) is 42.0 Å². The molecule has 172 valence electrons. The van der Waals surface area contributed by atoms with Gasteiger partial charge < -0.3 is 10.3 Å². The molecule has 0 aliphatic carbocycles. The Morgan fingerprint density at radius 2 is 1.45 bits per heavy atom. The molecule has 0 spiro atoms. The molecule has 0 saturated heterocycles. The van der Waals surface area contributed by atoms with Crippen LogP contribution in [0.25, 0.3) is 16.7 Å². The second-order valence-electron chi connectivity index (χ2n) is 5.69. The molecule has 0 N–H and O–H groups in total. The van der Waals surface area contributed by atoms with Gasteiger partial charge in [0.05, 0.1) is 10.6 Å². The average Bonchev–Trinajstić information content (AvgIpc) is 2.92. The fraction of sp³-hybridized carbons (Fsp3) is 0. The summed E-state index contributed by atoms with van der Waals surface area (Å²) in [7, 11) is 0. The van der Waals surface area contributed by atoms with Crippen molar-refractivity contribution in [1.29, 1.82) is 0 Å². The summed E-state index contributed by atoms with van der Waals surface area (Å²) >= 11 is 4.08. The standard InChI is InChI=1S/C17H12N3O3.C5H5N.FH.OS.Pd/c21-20(22)13-8-10-14(11-9-13)23-19-17-7-2-1-5-15(17)16-6-3-4-12-18-16;1-2-4-6-5-3-1;;1-2;/h1-12H;1-5H;1H;;/q-1;;;;+2/p-1. The van der Waals surface area contributed by atoms with Crippen molar-refractivity contribution in [2.45, 2.75) is 0 Å². The number of halogens is 1. The van der Waals surface area contributed by atoms with Crippen LogP contribution in [0, 0.1) is 10.1 Å². The third-order valence-electron chi connectivity index (χ3n) is 3.71. The van der Waals surface area contributed by atoms with Crippen LogP contribution in [0.3, 0.4) is 0 Å². The Bertz CT molecular complexity index is 1040. The molecular weight excluding hydrogens is 542 g/mol. The summed E-state index contributed by atoms with van der Waals surface area (Å²) in [6.45, 7) is 0. The van der Waals surface area contributed by atoms with Crippen molar-refractivity contribution >= 4 is 23.9 Å². The second kappa shape index (κ2) is 17.0. The number of nitro groups is 1. The van der Waals surface area contributed by atoms with Crippen molar-refractivity contribution in [2.24, 2.45) is 0 Å².